The van der Waals surface area contributed by atoms with Crippen molar-refractivity contribution in [2.24, 2.45) is 11.8 Å². The Kier molecular flexibility index (Phi) is 10.3. The summed E-state index contributed by atoms with van der Waals surface area (Å²) in [7, 11) is 0. The lowest BCUT2D eigenvalue weighted by Gasteiger charge is -2.36. The van der Waals surface area contributed by atoms with Crippen molar-refractivity contribution in [1.82, 2.24) is 9.80 Å². The molecule has 2 saturated heterocycles. The molecule has 2 aromatic carbocycles. The average molecular weight is 497 g/mol. The van der Waals surface area contributed by atoms with E-state index in [-0.39, 0.29) is 5.92 Å². The highest BCUT2D eigenvalue weighted by molar-refractivity contribution is 6.27. The highest BCUT2D eigenvalue weighted by Crippen LogP contribution is 2.25. The molecule has 4 rings (SSSR count). The maximum absolute atomic E-state index is 12.8. The van der Waals surface area contributed by atoms with Crippen LogP contribution in [0, 0.1) is 11.8 Å². The van der Waals surface area contributed by atoms with Crippen LogP contribution in [0.15, 0.2) is 54.6 Å². The summed E-state index contributed by atoms with van der Waals surface area (Å²) in [6.45, 7) is 7.76. The number of piperidine rings is 2. The van der Waals surface area contributed by atoms with Crippen molar-refractivity contribution < 1.29 is 29.3 Å². The molecule has 2 aliphatic heterocycles. The zero-order valence-corrected chi connectivity index (χ0v) is 20.8. The predicted octanol–water partition coefficient (Wildman–Crippen LogP) is 3.89. The van der Waals surface area contributed by atoms with Gasteiger partial charge in [0, 0.05) is 25.6 Å². The molecule has 8 heteroatoms. The van der Waals surface area contributed by atoms with Gasteiger partial charge in [0.2, 0.25) is 5.91 Å². The van der Waals surface area contributed by atoms with Gasteiger partial charge in [0.05, 0.1) is 0 Å². The summed E-state index contributed by atoms with van der Waals surface area (Å²) in [5, 5.41) is 14.8. The minimum absolute atomic E-state index is 0.225. The summed E-state index contributed by atoms with van der Waals surface area (Å²) in [6, 6.07) is 18.7. The van der Waals surface area contributed by atoms with Crippen molar-refractivity contribution >= 4 is 17.8 Å². The molecule has 0 aromatic heterocycles. The number of carboxylic acids is 2. The molecule has 0 bridgehead atoms. The molecule has 0 atom stereocenters. The molecule has 0 radical (unpaired) electrons. The molecule has 2 heterocycles. The summed E-state index contributed by atoms with van der Waals surface area (Å²) in [4.78, 5) is 35.6. The van der Waals surface area contributed by atoms with Gasteiger partial charge >= 0.3 is 11.9 Å². The van der Waals surface area contributed by atoms with E-state index in [0.717, 1.165) is 70.1 Å². The maximum Gasteiger partial charge on any atom is 0.414 e. The van der Waals surface area contributed by atoms with E-state index in [2.05, 4.69) is 53.1 Å². The summed E-state index contributed by atoms with van der Waals surface area (Å²) >= 11 is 0. The molecule has 0 unspecified atom stereocenters. The number of carbonyl (C=O) groups excluding carboxylic acids is 1. The van der Waals surface area contributed by atoms with Crippen LogP contribution >= 0.6 is 0 Å². The van der Waals surface area contributed by atoms with Crippen LogP contribution in [0.5, 0.6) is 5.75 Å². The van der Waals surface area contributed by atoms with Crippen molar-refractivity contribution in [3.8, 4) is 5.75 Å². The Morgan fingerprint density at radius 3 is 1.94 bits per heavy atom. The van der Waals surface area contributed by atoms with Gasteiger partial charge in [-0.05, 0) is 68.0 Å². The van der Waals surface area contributed by atoms with E-state index in [1.807, 2.05) is 18.2 Å². The molecule has 0 aliphatic carbocycles. The number of hydrogen-bond donors (Lipinski definition) is 2. The van der Waals surface area contributed by atoms with Crippen molar-refractivity contribution in [1.29, 1.82) is 0 Å². The molecule has 194 valence electrons. The number of amides is 1. The van der Waals surface area contributed by atoms with E-state index in [9.17, 15) is 4.79 Å². The Hall–Kier alpha value is -3.39. The summed E-state index contributed by atoms with van der Waals surface area (Å²) in [5.41, 5.74) is 2.48. The van der Waals surface area contributed by atoms with Crippen LogP contribution in [0.4, 0.5) is 0 Å². The molecule has 36 heavy (non-hydrogen) atoms. The number of hydrogen-bond acceptors (Lipinski definition) is 5. The highest BCUT2D eigenvalue weighted by Gasteiger charge is 2.30. The molecule has 0 saturated carbocycles. The smallest absolute Gasteiger partial charge is 0.414 e. The van der Waals surface area contributed by atoms with Crippen LogP contribution in [0.25, 0.3) is 0 Å². The third-order valence-electron chi connectivity index (χ3n) is 6.79. The zero-order chi connectivity index (χ0) is 25.9. The van der Waals surface area contributed by atoms with Gasteiger partial charge in [0.1, 0.15) is 12.4 Å². The number of ether oxygens (including phenoxy) is 1. The fraction of sp³-hybridized carbons (Fsp3) is 0.464. The van der Waals surface area contributed by atoms with Crippen molar-refractivity contribution in [3.05, 3.63) is 65.7 Å². The molecule has 1 amide bonds. The first kappa shape index (κ1) is 27.2. The van der Waals surface area contributed by atoms with Gasteiger partial charge in [-0.25, -0.2) is 9.59 Å². The van der Waals surface area contributed by atoms with Crippen LogP contribution in [-0.2, 0) is 27.5 Å². The quantitative estimate of drug-likeness (QED) is 0.584. The monoisotopic (exact) mass is 496 g/mol. The number of carbonyl (C=O) groups is 3. The summed E-state index contributed by atoms with van der Waals surface area (Å²) in [5.74, 6) is -1.34. The molecule has 8 nitrogen and oxygen atoms in total. The van der Waals surface area contributed by atoms with E-state index in [0.29, 0.717) is 12.5 Å². The molecule has 2 N–H and O–H groups in total. The van der Waals surface area contributed by atoms with Crippen molar-refractivity contribution in [2.75, 3.05) is 26.2 Å². The van der Waals surface area contributed by atoms with E-state index in [4.69, 9.17) is 24.5 Å². The first-order valence-corrected chi connectivity index (χ1v) is 12.5. The second kappa shape index (κ2) is 13.6. The van der Waals surface area contributed by atoms with Gasteiger partial charge < -0.3 is 19.8 Å². The molecular formula is C28H36N2O6. The van der Waals surface area contributed by atoms with Gasteiger partial charge in [-0.15, -0.1) is 0 Å². The molecule has 0 spiro atoms. The summed E-state index contributed by atoms with van der Waals surface area (Å²) in [6.07, 6.45) is 4.30. The van der Waals surface area contributed by atoms with Crippen LogP contribution in [0.3, 0.4) is 0 Å². The van der Waals surface area contributed by atoms with Crippen molar-refractivity contribution in [2.45, 2.75) is 45.8 Å². The lowest BCUT2D eigenvalue weighted by molar-refractivity contribution is -0.159. The Bertz CT molecular complexity index is 967. The standard InChI is InChI=1S/C26H34N2O2.C2H2O4/c1-21-11-17-28(18-12-21)26(29)24-13-15-27(16-14-24)19-22-7-9-25(10-8-22)30-20-23-5-3-2-4-6-23;3-1(4)2(5)6/h2-10,21,24H,11-20H2,1H3;(H,3,4)(H,5,6). The molecular weight excluding hydrogens is 460 g/mol. The topological polar surface area (TPSA) is 107 Å². The van der Waals surface area contributed by atoms with E-state index >= 15 is 0 Å². The Labute approximate surface area is 212 Å². The van der Waals surface area contributed by atoms with E-state index in [1.54, 1.807) is 0 Å². The first-order valence-electron chi connectivity index (χ1n) is 12.5. The fourth-order valence-corrected chi connectivity index (χ4v) is 4.52. The van der Waals surface area contributed by atoms with Gasteiger partial charge in [0.15, 0.2) is 0 Å². The van der Waals surface area contributed by atoms with Crippen LogP contribution in [0.2, 0.25) is 0 Å². The summed E-state index contributed by atoms with van der Waals surface area (Å²) < 4.78 is 5.89. The Morgan fingerprint density at radius 1 is 0.806 bits per heavy atom. The lowest BCUT2D eigenvalue weighted by Crippen LogP contribution is -2.45. The van der Waals surface area contributed by atoms with E-state index < -0.39 is 11.9 Å². The highest BCUT2D eigenvalue weighted by atomic mass is 16.5. The minimum atomic E-state index is -1.82. The fourth-order valence-electron chi connectivity index (χ4n) is 4.52. The number of benzene rings is 2. The predicted molar refractivity (Wildman–Crippen MR) is 135 cm³/mol. The number of carboxylic acid groups (broad SMARTS) is 2. The average Bonchev–Trinajstić information content (AvgIpc) is 2.90. The number of aliphatic carboxylic acids is 2. The van der Waals surface area contributed by atoms with E-state index in [1.165, 1.54) is 11.1 Å². The van der Waals surface area contributed by atoms with Crippen LogP contribution in [-0.4, -0.2) is 64.0 Å². The Morgan fingerprint density at radius 2 is 1.39 bits per heavy atom. The third kappa shape index (κ3) is 8.68. The SMILES string of the molecule is CC1CCN(C(=O)C2CCN(Cc3ccc(OCc4ccccc4)cc3)CC2)CC1.O=C(O)C(=O)O. The van der Waals surface area contributed by atoms with Crippen LogP contribution < -0.4 is 4.74 Å². The largest absolute Gasteiger partial charge is 0.489 e. The third-order valence-corrected chi connectivity index (χ3v) is 6.79. The second-order valence-electron chi connectivity index (χ2n) is 9.59. The maximum atomic E-state index is 12.8. The molecule has 2 aromatic rings. The minimum Gasteiger partial charge on any atom is -0.489 e. The molecule has 2 fully saturated rings. The zero-order valence-electron chi connectivity index (χ0n) is 20.8. The van der Waals surface area contributed by atoms with Gasteiger partial charge in [0.25, 0.3) is 0 Å². The number of likely N-dealkylation sites (tertiary alicyclic amines) is 2. The molecule has 2 aliphatic rings. The Balaban J connectivity index is 0.000000538. The van der Waals surface area contributed by atoms with Gasteiger partial charge in [-0.2, -0.15) is 0 Å². The first-order chi connectivity index (χ1) is 17.3. The lowest BCUT2D eigenvalue weighted by atomic mass is 9.92. The van der Waals surface area contributed by atoms with Gasteiger partial charge in [-0.1, -0.05) is 49.4 Å². The van der Waals surface area contributed by atoms with Crippen molar-refractivity contribution in [3.63, 3.8) is 0 Å². The number of rotatable bonds is 6. The number of nitrogens with zero attached hydrogens (tertiary/aromatic N) is 2. The van der Waals surface area contributed by atoms with Crippen LogP contribution in [0.1, 0.15) is 43.7 Å². The normalized spacial score (nSPS) is 17.1. The van der Waals surface area contributed by atoms with Gasteiger partial charge in [-0.3, -0.25) is 9.69 Å². The second-order valence-corrected chi connectivity index (χ2v) is 9.59.